The number of nitrogens with zero attached hydrogens (tertiary/aromatic N) is 1. The fourth-order valence-corrected chi connectivity index (χ4v) is 4.44. The van der Waals surface area contributed by atoms with Crippen LogP contribution >= 0.6 is 15.9 Å². The van der Waals surface area contributed by atoms with E-state index in [-0.39, 0.29) is 17.6 Å². The summed E-state index contributed by atoms with van der Waals surface area (Å²) in [6.07, 6.45) is 3.43. The van der Waals surface area contributed by atoms with Gasteiger partial charge in [0.15, 0.2) is 5.78 Å². The molecule has 5 nitrogen and oxygen atoms in total. The van der Waals surface area contributed by atoms with Gasteiger partial charge in [-0.2, -0.15) is 5.10 Å². The highest BCUT2D eigenvalue weighted by atomic mass is 79.9. The zero-order valence-corrected chi connectivity index (χ0v) is 18.5. The Morgan fingerprint density at radius 2 is 1.93 bits per heavy atom. The number of anilines is 1. The van der Waals surface area contributed by atoms with Gasteiger partial charge >= 0.3 is 0 Å². The second-order valence-electron chi connectivity index (χ2n) is 7.88. The number of carbonyl (C=O) groups is 2. The Balaban J connectivity index is 1.55. The van der Waals surface area contributed by atoms with Crippen molar-refractivity contribution in [3.05, 3.63) is 75.4 Å². The Bertz CT molecular complexity index is 1040. The molecule has 2 aliphatic rings. The van der Waals surface area contributed by atoms with E-state index < -0.39 is 0 Å². The summed E-state index contributed by atoms with van der Waals surface area (Å²) < 4.78 is 1.02. The van der Waals surface area contributed by atoms with Crippen LogP contribution in [0, 0.1) is 5.92 Å². The highest BCUT2D eigenvalue weighted by Crippen LogP contribution is 2.28. The van der Waals surface area contributed by atoms with Crippen molar-refractivity contribution < 1.29 is 9.59 Å². The third-order valence-electron chi connectivity index (χ3n) is 5.54. The van der Waals surface area contributed by atoms with Gasteiger partial charge in [-0.15, -0.1) is 0 Å². The molecule has 154 valence electrons. The van der Waals surface area contributed by atoms with Crippen LogP contribution in [0.3, 0.4) is 0 Å². The summed E-state index contributed by atoms with van der Waals surface area (Å²) in [6, 6.07) is 16.1. The lowest BCUT2D eigenvalue weighted by molar-refractivity contribution is -0.122. The summed E-state index contributed by atoms with van der Waals surface area (Å²) in [5.74, 6) is 0.269. The molecule has 0 saturated heterocycles. The number of hydrazone groups is 1. The van der Waals surface area contributed by atoms with Crippen LogP contribution < -0.4 is 10.7 Å². The zero-order chi connectivity index (χ0) is 21.1. The molecular formula is C24H24BrN3O2. The average Bonchev–Trinajstić information content (AvgIpc) is 2.71. The molecule has 0 unspecified atom stereocenters. The van der Waals surface area contributed by atoms with Crippen molar-refractivity contribution in [3.63, 3.8) is 0 Å². The highest BCUT2D eigenvalue weighted by Gasteiger charge is 2.23. The number of halogens is 1. The van der Waals surface area contributed by atoms with Crippen LogP contribution in [0.25, 0.3) is 0 Å². The molecule has 0 fully saturated rings. The number of carbonyl (C=O) groups excluding carboxylic acids is 2. The number of nitrogens with one attached hydrogen (secondary N) is 2. The normalized spacial score (nSPS) is 19.4. The number of allylic oxidation sites excluding steroid dienone is 2. The van der Waals surface area contributed by atoms with Crippen LogP contribution in [0.15, 0.2) is 69.4 Å². The van der Waals surface area contributed by atoms with E-state index in [0.717, 1.165) is 51.1 Å². The van der Waals surface area contributed by atoms with Gasteiger partial charge in [0.05, 0.1) is 5.71 Å². The summed E-state index contributed by atoms with van der Waals surface area (Å²) in [5, 5.41) is 7.70. The molecule has 0 aromatic heterocycles. The van der Waals surface area contributed by atoms with E-state index in [1.54, 1.807) is 0 Å². The third kappa shape index (κ3) is 4.70. The average molecular weight is 466 g/mol. The van der Waals surface area contributed by atoms with E-state index in [4.69, 9.17) is 0 Å². The molecule has 0 bridgehead atoms. The number of ketones is 1. The maximum atomic E-state index is 12.6. The lowest BCUT2D eigenvalue weighted by Crippen LogP contribution is -2.31. The van der Waals surface area contributed by atoms with Crippen molar-refractivity contribution >= 4 is 39.0 Å². The van der Waals surface area contributed by atoms with E-state index in [9.17, 15) is 9.59 Å². The Hall–Kier alpha value is -2.73. The molecule has 30 heavy (non-hydrogen) atoms. The maximum absolute atomic E-state index is 12.6. The Morgan fingerprint density at radius 3 is 2.67 bits per heavy atom. The minimum absolute atomic E-state index is 0.0450. The number of amides is 1. The van der Waals surface area contributed by atoms with Crippen LogP contribution in [0.2, 0.25) is 0 Å². The number of hydrogen-bond acceptors (Lipinski definition) is 4. The van der Waals surface area contributed by atoms with Crippen LogP contribution in [0.1, 0.15) is 43.7 Å². The van der Waals surface area contributed by atoms with Crippen LogP contribution in [0.5, 0.6) is 0 Å². The van der Waals surface area contributed by atoms with Crippen molar-refractivity contribution in [2.45, 2.75) is 39.0 Å². The maximum Gasteiger partial charge on any atom is 0.240 e. The van der Waals surface area contributed by atoms with Gasteiger partial charge in [-0.1, -0.05) is 47.1 Å². The van der Waals surface area contributed by atoms with Crippen LogP contribution in [0.4, 0.5) is 5.69 Å². The van der Waals surface area contributed by atoms with Gasteiger partial charge in [-0.3, -0.25) is 9.59 Å². The molecule has 1 atom stereocenters. The standard InChI is InChI=1S/C24H24BrN3O2/c1-15-12-23(30)27-28-24(15)17-8-10-19(11-9-17)26-21-6-3-7-22(29)20(21)14-16-4-2-5-18(25)13-16/h2,4-5,8-11,13,15,26H,3,6-7,12,14H2,1H3,(H,27,30)/t15-/m1/s1. The molecule has 2 N–H and O–H groups in total. The van der Waals surface area contributed by atoms with Crippen molar-refractivity contribution in [1.29, 1.82) is 0 Å². The summed E-state index contributed by atoms with van der Waals surface area (Å²) in [6.45, 7) is 2.01. The first-order valence-electron chi connectivity index (χ1n) is 10.2. The SMILES string of the molecule is C[C@@H]1CC(=O)NN=C1c1ccc(NC2=C(Cc3cccc(Br)c3)C(=O)CCC2)cc1. The topological polar surface area (TPSA) is 70.6 Å². The number of Topliss-reactive ketones (excluding diaryl/α,β-unsaturated/α-hetero) is 1. The van der Waals surface area contributed by atoms with E-state index in [1.807, 2.05) is 43.3 Å². The third-order valence-corrected chi connectivity index (χ3v) is 6.03. The van der Waals surface area contributed by atoms with Gasteiger partial charge in [0.2, 0.25) is 5.91 Å². The monoisotopic (exact) mass is 465 g/mol. The fourth-order valence-electron chi connectivity index (χ4n) is 3.99. The van der Waals surface area contributed by atoms with Gasteiger partial charge in [0.1, 0.15) is 0 Å². The van der Waals surface area contributed by atoms with Crippen molar-refractivity contribution in [2.24, 2.45) is 11.0 Å². The molecule has 4 rings (SSSR count). The summed E-state index contributed by atoms with van der Waals surface area (Å²) in [7, 11) is 0. The van der Waals surface area contributed by atoms with Crippen molar-refractivity contribution in [3.8, 4) is 0 Å². The fraction of sp³-hybridized carbons (Fsp3) is 0.292. The first kappa shape index (κ1) is 20.5. The van der Waals surface area contributed by atoms with Crippen molar-refractivity contribution in [2.75, 3.05) is 5.32 Å². The first-order valence-corrected chi connectivity index (χ1v) is 11.0. The second-order valence-corrected chi connectivity index (χ2v) is 8.80. The second kappa shape index (κ2) is 8.96. The van der Waals surface area contributed by atoms with Crippen LogP contribution in [-0.4, -0.2) is 17.4 Å². The Kier molecular flexibility index (Phi) is 6.13. The van der Waals surface area contributed by atoms with E-state index in [0.29, 0.717) is 19.3 Å². The zero-order valence-electron chi connectivity index (χ0n) is 16.9. The molecule has 6 heteroatoms. The van der Waals surface area contributed by atoms with E-state index in [2.05, 4.69) is 43.9 Å². The van der Waals surface area contributed by atoms with Gasteiger partial charge in [-0.25, -0.2) is 5.43 Å². The molecule has 1 aliphatic carbocycles. The van der Waals surface area contributed by atoms with E-state index >= 15 is 0 Å². The van der Waals surface area contributed by atoms with Crippen molar-refractivity contribution in [1.82, 2.24) is 5.43 Å². The Labute approximate surface area is 184 Å². The van der Waals surface area contributed by atoms with Gasteiger partial charge in [0.25, 0.3) is 0 Å². The molecule has 1 amide bonds. The molecule has 0 radical (unpaired) electrons. The van der Waals surface area contributed by atoms with Crippen LogP contribution in [-0.2, 0) is 16.0 Å². The lowest BCUT2D eigenvalue weighted by atomic mass is 9.90. The summed E-state index contributed by atoms with van der Waals surface area (Å²) >= 11 is 3.51. The predicted molar refractivity (Wildman–Crippen MR) is 122 cm³/mol. The predicted octanol–water partition coefficient (Wildman–Crippen LogP) is 4.97. The smallest absolute Gasteiger partial charge is 0.240 e. The molecule has 0 saturated carbocycles. The largest absolute Gasteiger partial charge is 0.359 e. The molecule has 2 aromatic rings. The number of hydrogen-bond donors (Lipinski definition) is 2. The molecule has 1 aliphatic heterocycles. The molecule has 0 spiro atoms. The molecule has 1 heterocycles. The molecule has 2 aromatic carbocycles. The quantitative estimate of drug-likeness (QED) is 0.654. The molecular weight excluding hydrogens is 442 g/mol. The first-order chi connectivity index (χ1) is 14.5. The minimum Gasteiger partial charge on any atom is -0.359 e. The number of benzene rings is 2. The highest BCUT2D eigenvalue weighted by molar-refractivity contribution is 9.10. The minimum atomic E-state index is -0.0450. The van der Waals surface area contributed by atoms with Gasteiger partial charge < -0.3 is 5.32 Å². The summed E-state index contributed by atoms with van der Waals surface area (Å²) in [4.78, 5) is 24.1. The number of rotatable bonds is 5. The Morgan fingerprint density at radius 1 is 1.13 bits per heavy atom. The van der Waals surface area contributed by atoms with E-state index in [1.165, 1.54) is 0 Å². The van der Waals surface area contributed by atoms with Gasteiger partial charge in [0, 0.05) is 46.6 Å². The summed E-state index contributed by atoms with van der Waals surface area (Å²) in [5.41, 5.74) is 8.40. The van der Waals surface area contributed by atoms with Gasteiger partial charge in [-0.05, 0) is 48.2 Å². The lowest BCUT2D eigenvalue weighted by Gasteiger charge is -2.22.